The Morgan fingerprint density at radius 3 is 2.10 bits per heavy atom. The Morgan fingerprint density at radius 1 is 0.878 bits per heavy atom. The Morgan fingerprint density at radius 2 is 1.47 bits per heavy atom. The first-order valence-corrected chi connectivity index (χ1v) is 19.2. The van der Waals surface area contributed by atoms with Gasteiger partial charge in [-0.05, 0) is 108 Å². The first kappa shape index (κ1) is 35.8. The Hall–Kier alpha value is -2.99. The largest absolute Gasteiger partial charge is 0.493 e. The number of rotatable bonds is 9. The van der Waals surface area contributed by atoms with Crippen molar-refractivity contribution >= 4 is 55.8 Å². The molecule has 1 amide bonds. The summed E-state index contributed by atoms with van der Waals surface area (Å²) in [5.74, 6) is 4.03. The molecule has 0 radical (unpaired) electrons. The van der Waals surface area contributed by atoms with Crippen molar-refractivity contribution in [3.05, 3.63) is 75.3 Å². The highest BCUT2D eigenvalue weighted by molar-refractivity contribution is 9.10. The average molecular weight is 769 g/mol. The summed E-state index contributed by atoms with van der Waals surface area (Å²) in [5.41, 5.74) is 6.00. The first-order chi connectivity index (χ1) is 23.8. The molecule has 11 heteroatoms. The molecule has 49 heavy (non-hydrogen) atoms. The summed E-state index contributed by atoms with van der Waals surface area (Å²) in [6.07, 6.45) is 4.97. The fourth-order valence-electron chi connectivity index (χ4n) is 8.09. The number of thioether (sulfide) groups is 1. The zero-order chi connectivity index (χ0) is 34.7. The smallest absolute Gasteiger partial charge is 0.234 e. The number of carbonyl (C=O) groups is 1. The molecule has 1 saturated heterocycles. The summed E-state index contributed by atoms with van der Waals surface area (Å²) in [4.78, 5) is 18.1. The average Bonchev–Trinajstić information content (AvgIpc) is 3.32. The van der Waals surface area contributed by atoms with Gasteiger partial charge in [0.2, 0.25) is 5.91 Å². The Labute approximate surface area is 308 Å². The SMILES string of the molecule is CCC1CN2CCc3cc(OC)c(OC)cc3C2CCC1C1c2cc(OC)c(OC)cc2CCN1C(=S)SCC(=O)Nc1ccc(Br)cc1. The van der Waals surface area contributed by atoms with Crippen molar-refractivity contribution in [3.8, 4) is 23.0 Å². The van der Waals surface area contributed by atoms with Gasteiger partial charge in [0.1, 0.15) is 4.32 Å². The number of nitrogens with zero attached hydrogens (tertiary/aromatic N) is 2. The summed E-state index contributed by atoms with van der Waals surface area (Å²) < 4.78 is 24.7. The maximum atomic E-state index is 13.0. The zero-order valence-corrected chi connectivity index (χ0v) is 32.1. The molecule has 3 heterocycles. The molecular weight excluding hydrogens is 722 g/mol. The summed E-state index contributed by atoms with van der Waals surface area (Å²) >= 11 is 11.1. The monoisotopic (exact) mass is 767 g/mol. The number of halogens is 1. The number of hydrogen-bond acceptors (Lipinski definition) is 8. The fourth-order valence-corrected chi connectivity index (χ4v) is 9.43. The standard InChI is InChI=1S/C38H46BrN3O5S2/c1-6-23-21-41-15-13-24-17-32(44-2)34(46-4)19-29(24)31(41)12-11-28(23)37-30-20-35(47-5)33(45-3)18-25(30)14-16-42(37)38(48)49-22-36(43)40-27-9-7-26(39)8-10-27/h7-10,17-20,23,28,31,37H,6,11-16,21-22H2,1-5H3,(H,40,43). The number of hydrogen-bond donors (Lipinski definition) is 1. The van der Waals surface area contributed by atoms with Gasteiger partial charge in [0.15, 0.2) is 23.0 Å². The minimum Gasteiger partial charge on any atom is -0.493 e. The fraction of sp³-hybridized carbons (Fsp3) is 0.474. The summed E-state index contributed by atoms with van der Waals surface area (Å²) in [6, 6.07) is 16.7. The maximum absolute atomic E-state index is 13.0. The lowest BCUT2D eigenvalue weighted by molar-refractivity contribution is -0.113. The van der Waals surface area contributed by atoms with Crippen LogP contribution in [0, 0.1) is 11.8 Å². The van der Waals surface area contributed by atoms with E-state index >= 15 is 0 Å². The Kier molecular flexibility index (Phi) is 11.6. The highest BCUT2D eigenvalue weighted by Gasteiger charge is 2.43. The molecule has 0 aliphatic carbocycles. The van der Waals surface area contributed by atoms with Crippen molar-refractivity contribution in [1.82, 2.24) is 9.80 Å². The van der Waals surface area contributed by atoms with Crippen molar-refractivity contribution in [2.45, 2.75) is 51.1 Å². The number of benzene rings is 3. The lowest BCUT2D eigenvalue weighted by Gasteiger charge is -2.45. The number of ether oxygens (including phenoxy) is 4. The molecule has 0 bridgehead atoms. The normalized spacial score (nSPS) is 21.8. The summed E-state index contributed by atoms with van der Waals surface area (Å²) in [6.45, 7) is 5.15. The van der Waals surface area contributed by atoms with Gasteiger partial charge < -0.3 is 29.2 Å². The predicted molar refractivity (Wildman–Crippen MR) is 205 cm³/mol. The van der Waals surface area contributed by atoms with Gasteiger partial charge in [-0.25, -0.2) is 0 Å². The van der Waals surface area contributed by atoms with Crippen molar-refractivity contribution in [3.63, 3.8) is 0 Å². The van der Waals surface area contributed by atoms with E-state index in [0.717, 1.165) is 89.2 Å². The first-order valence-electron chi connectivity index (χ1n) is 17.0. The molecule has 262 valence electrons. The number of amides is 1. The van der Waals surface area contributed by atoms with E-state index in [4.69, 9.17) is 31.2 Å². The minimum absolute atomic E-state index is 0.0502. The van der Waals surface area contributed by atoms with Crippen LogP contribution in [0.15, 0.2) is 53.0 Å². The van der Waals surface area contributed by atoms with Crippen molar-refractivity contribution < 1.29 is 23.7 Å². The quantitative estimate of drug-likeness (QED) is 0.218. The van der Waals surface area contributed by atoms with E-state index in [1.54, 1.807) is 28.4 Å². The lowest BCUT2D eigenvalue weighted by atomic mass is 9.75. The van der Waals surface area contributed by atoms with Crippen molar-refractivity contribution in [2.24, 2.45) is 11.8 Å². The number of methoxy groups -OCH3 is 4. The molecule has 0 spiro atoms. The molecule has 3 aromatic rings. The molecule has 0 saturated carbocycles. The predicted octanol–water partition coefficient (Wildman–Crippen LogP) is 8.08. The van der Waals surface area contributed by atoms with E-state index in [-0.39, 0.29) is 17.7 Å². The maximum Gasteiger partial charge on any atom is 0.234 e. The molecule has 1 fully saturated rings. The zero-order valence-electron chi connectivity index (χ0n) is 28.9. The van der Waals surface area contributed by atoms with Gasteiger partial charge in [-0.2, -0.15) is 0 Å². The van der Waals surface area contributed by atoms with Crippen LogP contribution in [-0.2, 0) is 17.6 Å². The van der Waals surface area contributed by atoms with Crippen LogP contribution in [0.2, 0.25) is 0 Å². The minimum atomic E-state index is -0.0708. The van der Waals surface area contributed by atoms with Crippen LogP contribution in [0.4, 0.5) is 5.69 Å². The molecule has 0 aromatic heterocycles. The number of carbonyl (C=O) groups excluding carboxylic acids is 1. The molecule has 3 aromatic carbocycles. The summed E-state index contributed by atoms with van der Waals surface area (Å²) in [7, 11) is 6.81. The second-order valence-corrected chi connectivity index (χ2v) is 15.5. The third-order valence-electron chi connectivity index (χ3n) is 10.5. The van der Waals surface area contributed by atoms with Crippen LogP contribution in [0.5, 0.6) is 23.0 Å². The second kappa shape index (κ2) is 15.9. The van der Waals surface area contributed by atoms with E-state index in [9.17, 15) is 4.79 Å². The summed E-state index contributed by atoms with van der Waals surface area (Å²) in [5, 5.41) is 3.01. The van der Waals surface area contributed by atoms with E-state index < -0.39 is 0 Å². The Balaban J connectivity index is 1.31. The second-order valence-electron chi connectivity index (χ2n) is 13.0. The van der Waals surface area contributed by atoms with Crippen LogP contribution in [0.1, 0.15) is 60.5 Å². The van der Waals surface area contributed by atoms with Gasteiger partial charge in [-0.15, -0.1) is 0 Å². The third kappa shape index (κ3) is 7.55. The molecule has 1 N–H and O–H groups in total. The van der Waals surface area contributed by atoms with Crippen LogP contribution in [0.3, 0.4) is 0 Å². The van der Waals surface area contributed by atoms with E-state index in [2.05, 4.69) is 62.2 Å². The van der Waals surface area contributed by atoms with Crippen LogP contribution in [0.25, 0.3) is 0 Å². The van der Waals surface area contributed by atoms with E-state index in [1.165, 1.54) is 34.0 Å². The molecule has 6 rings (SSSR count). The molecule has 4 atom stereocenters. The number of anilines is 1. The number of fused-ring (bicyclic) bond motifs is 4. The van der Waals surface area contributed by atoms with Gasteiger partial charge in [-0.3, -0.25) is 9.69 Å². The van der Waals surface area contributed by atoms with Crippen molar-refractivity contribution in [1.29, 1.82) is 0 Å². The molecule has 8 nitrogen and oxygen atoms in total. The van der Waals surface area contributed by atoms with Crippen LogP contribution >= 0.6 is 39.9 Å². The molecular formula is C38H46BrN3O5S2. The van der Waals surface area contributed by atoms with Gasteiger partial charge in [-0.1, -0.05) is 53.3 Å². The topological polar surface area (TPSA) is 72.5 Å². The molecule has 3 aliphatic heterocycles. The van der Waals surface area contributed by atoms with Gasteiger partial charge in [0.25, 0.3) is 0 Å². The highest BCUT2D eigenvalue weighted by atomic mass is 79.9. The van der Waals surface area contributed by atoms with Crippen molar-refractivity contribution in [2.75, 3.05) is 59.1 Å². The van der Waals surface area contributed by atoms with E-state index in [1.807, 2.05) is 24.3 Å². The van der Waals surface area contributed by atoms with Gasteiger partial charge in [0, 0.05) is 35.8 Å². The third-order valence-corrected chi connectivity index (χ3v) is 12.5. The van der Waals surface area contributed by atoms with Gasteiger partial charge >= 0.3 is 0 Å². The van der Waals surface area contributed by atoms with Crippen LogP contribution < -0.4 is 24.3 Å². The van der Waals surface area contributed by atoms with Gasteiger partial charge in [0.05, 0.1) is 40.2 Å². The molecule has 4 unspecified atom stereocenters. The number of thiocarbonyl (C=S) groups is 1. The Bertz CT molecular complexity index is 1670. The lowest BCUT2D eigenvalue weighted by Crippen LogP contribution is -2.45. The van der Waals surface area contributed by atoms with Crippen LogP contribution in [-0.4, -0.2) is 73.9 Å². The number of nitrogens with one attached hydrogen (secondary N) is 1. The molecule has 3 aliphatic rings. The van der Waals surface area contributed by atoms with E-state index in [0.29, 0.717) is 17.9 Å². The highest BCUT2D eigenvalue weighted by Crippen LogP contribution is 2.50.